The standard InChI is InChI=1S/C27H33N7O6S/c1-34(23(26(35)33-37)9-4-5-14-28-16-13-20-7-6-15-29-17-20)27(36)22-11-12-25(30-18-22)32-31-19-21-8-2-3-10-24(21)41(38,39)40/h2-3,6-8,10-12,15,17-19,23,28,37H,4-5,9,13-14,16H2,1H3,(H,30,32)(H,33,35)(H,38,39,40)/b31-19+. The number of amides is 2. The van der Waals surface area contributed by atoms with Crippen LogP contribution in [0.1, 0.15) is 40.7 Å². The van der Waals surface area contributed by atoms with Gasteiger partial charge in [-0.3, -0.25) is 29.8 Å². The highest BCUT2D eigenvalue weighted by Gasteiger charge is 2.27. The summed E-state index contributed by atoms with van der Waals surface area (Å²) in [7, 11) is -2.93. The Kier molecular flexibility index (Phi) is 11.8. The second-order valence-corrected chi connectivity index (χ2v) is 10.5. The first-order valence-corrected chi connectivity index (χ1v) is 14.3. The van der Waals surface area contributed by atoms with Crippen LogP contribution in [0.4, 0.5) is 5.82 Å². The van der Waals surface area contributed by atoms with Crippen molar-refractivity contribution >= 4 is 34.0 Å². The molecule has 0 aliphatic carbocycles. The Hall–Kier alpha value is -4.24. The van der Waals surface area contributed by atoms with Crippen LogP contribution in [0.5, 0.6) is 0 Å². The summed E-state index contributed by atoms with van der Waals surface area (Å²) in [4.78, 5) is 34.5. The van der Waals surface area contributed by atoms with E-state index in [1.165, 1.54) is 54.7 Å². The maximum absolute atomic E-state index is 13.0. The number of hydroxylamine groups is 1. The lowest BCUT2D eigenvalue weighted by atomic mass is 10.1. The number of likely N-dealkylation sites (N-methyl/N-ethyl adjacent to an activating group) is 1. The van der Waals surface area contributed by atoms with E-state index in [2.05, 4.69) is 25.8 Å². The van der Waals surface area contributed by atoms with Crippen LogP contribution in [-0.4, -0.2) is 77.3 Å². The summed E-state index contributed by atoms with van der Waals surface area (Å²) in [5, 5.41) is 16.5. The molecule has 218 valence electrons. The van der Waals surface area contributed by atoms with Crippen LogP contribution in [0.3, 0.4) is 0 Å². The van der Waals surface area contributed by atoms with Crippen LogP contribution >= 0.6 is 0 Å². The van der Waals surface area contributed by atoms with Crippen LogP contribution in [0, 0.1) is 0 Å². The lowest BCUT2D eigenvalue weighted by molar-refractivity contribution is -0.133. The van der Waals surface area contributed by atoms with Gasteiger partial charge in [-0.1, -0.05) is 24.3 Å². The van der Waals surface area contributed by atoms with Crippen LogP contribution in [0.25, 0.3) is 0 Å². The van der Waals surface area contributed by atoms with Gasteiger partial charge in [-0.05, 0) is 68.6 Å². The predicted molar refractivity (Wildman–Crippen MR) is 152 cm³/mol. The van der Waals surface area contributed by atoms with Crippen LogP contribution in [-0.2, 0) is 21.3 Å². The highest BCUT2D eigenvalue weighted by atomic mass is 32.2. The van der Waals surface area contributed by atoms with E-state index in [9.17, 15) is 27.8 Å². The van der Waals surface area contributed by atoms with Crippen molar-refractivity contribution < 1.29 is 27.8 Å². The summed E-state index contributed by atoms with van der Waals surface area (Å²) in [6, 6.07) is 11.8. The van der Waals surface area contributed by atoms with Gasteiger partial charge in [-0.15, -0.1) is 0 Å². The fourth-order valence-electron chi connectivity index (χ4n) is 3.99. The maximum atomic E-state index is 13.0. The number of aromatic nitrogens is 2. The molecule has 0 aliphatic rings. The second kappa shape index (κ2) is 15.5. The van der Waals surface area contributed by atoms with E-state index in [4.69, 9.17) is 0 Å². The van der Waals surface area contributed by atoms with Gasteiger partial charge < -0.3 is 10.2 Å². The van der Waals surface area contributed by atoms with E-state index in [-0.39, 0.29) is 21.8 Å². The highest BCUT2D eigenvalue weighted by molar-refractivity contribution is 7.86. The molecule has 0 saturated carbocycles. The largest absolute Gasteiger partial charge is 0.330 e. The number of carbonyl (C=O) groups is 2. The minimum absolute atomic E-state index is 0.171. The maximum Gasteiger partial charge on any atom is 0.295 e. The number of hydrogen-bond donors (Lipinski definition) is 5. The van der Waals surface area contributed by atoms with Crippen LogP contribution in [0.2, 0.25) is 0 Å². The monoisotopic (exact) mass is 583 g/mol. The number of hydrazone groups is 1. The summed E-state index contributed by atoms with van der Waals surface area (Å²) in [6.07, 6.45) is 8.73. The number of benzene rings is 1. The first-order chi connectivity index (χ1) is 19.7. The molecule has 1 aromatic carbocycles. The Morgan fingerprint density at radius 1 is 1.07 bits per heavy atom. The Labute approximate surface area is 238 Å². The van der Waals surface area contributed by atoms with E-state index in [1.54, 1.807) is 17.7 Å². The van der Waals surface area contributed by atoms with Crippen LogP contribution < -0.4 is 16.2 Å². The Morgan fingerprint density at radius 3 is 2.56 bits per heavy atom. The SMILES string of the molecule is CN(C(=O)c1ccc(N/N=C/c2ccccc2S(=O)(=O)O)nc1)C(CCCCNCCc1cccnc1)C(=O)NO. The van der Waals surface area contributed by atoms with Crippen molar-refractivity contribution in [2.45, 2.75) is 36.6 Å². The van der Waals surface area contributed by atoms with Gasteiger partial charge in [-0.25, -0.2) is 10.5 Å². The number of anilines is 1. The van der Waals surface area contributed by atoms with E-state index in [1.807, 2.05) is 18.3 Å². The van der Waals surface area contributed by atoms with Crippen molar-refractivity contribution in [3.8, 4) is 0 Å². The molecule has 0 bridgehead atoms. The molecule has 0 saturated heterocycles. The number of carbonyl (C=O) groups excluding carboxylic acids is 2. The Balaban J connectivity index is 1.50. The van der Waals surface area contributed by atoms with Crippen molar-refractivity contribution in [1.29, 1.82) is 0 Å². The quantitative estimate of drug-likeness (QED) is 0.0583. The zero-order chi connectivity index (χ0) is 29.7. The van der Waals surface area contributed by atoms with Crippen molar-refractivity contribution in [2.24, 2.45) is 5.10 Å². The fourth-order valence-corrected chi connectivity index (χ4v) is 4.66. The number of unbranched alkanes of at least 4 members (excludes halogenated alkanes) is 1. The van der Waals surface area contributed by atoms with Crippen molar-refractivity contribution in [2.75, 3.05) is 25.6 Å². The summed E-state index contributed by atoms with van der Waals surface area (Å²) < 4.78 is 32.3. The lowest BCUT2D eigenvalue weighted by Crippen LogP contribution is -2.47. The molecule has 0 radical (unpaired) electrons. The molecule has 5 N–H and O–H groups in total. The summed E-state index contributed by atoms with van der Waals surface area (Å²) >= 11 is 0. The molecule has 14 heteroatoms. The minimum atomic E-state index is -4.41. The average Bonchev–Trinajstić information content (AvgIpc) is 2.98. The van der Waals surface area contributed by atoms with E-state index >= 15 is 0 Å². The van der Waals surface area contributed by atoms with Gasteiger partial charge in [-0.2, -0.15) is 13.5 Å². The minimum Gasteiger partial charge on any atom is -0.330 e. The van der Waals surface area contributed by atoms with Gasteiger partial charge >= 0.3 is 0 Å². The predicted octanol–water partition coefficient (Wildman–Crippen LogP) is 2.12. The molecular weight excluding hydrogens is 550 g/mol. The van der Waals surface area contributed by atoms with Gasteiger partial charge in [0.25, 0.3) is 21.9 Å². The molecule has 0 aliphatic heterocycles. The third-order valence-electron chi connectivity index (χ3n) is 6.19. The van der Waals surface area contributed by atoms with E-state index in [0.717, 1.165) is 31.5 Å². The Morgan fingerprint density at radius 2 is 1.88 bits per heavy atom. The number of nitrogens with one attached hydrogen (secondary N) is 3. The topological polar surface area (TPSA) is 186 Å². The third-order valence-corrected chi connectivity index (χ3v) is 7.11. The first-order valence-electron chi connectivity index (χ1n) is 12.8. The molecule has 2 aromatic heterocycles. The molecule has 1 unspecified atom stereocenters. The highest BCUT2D eigenvalue weighted by Crippen LogP contribution is 2.15. The number of nitrogens with zero attached hydrogens (tertiary/aromatic N) is 4. The lowest BCUT2D eigenvalue weighted by Gasteiger charge is -2.26. The Bertz CT molecular complexity index is 1420. The molecule has 2 amide bonds. The molecule has 13 nitrogen and oxygen atoms in total. The number of rotatable bonds is 15. The first kappa shape index (κ1) is 31.3. The van der Waals surface area contributed by atoms with Crippen molar-refractivity contribution in [1.82, 2.24) is 25.7 Å². The zero-order valence-corrected chi connectivity index (χ0v) is 23.3. The van der Waals surface area contributed by atoms with Gasteiger partial charge in [0.15, 0.2) is 0 Å². The molecule has 3 rings (SSSR count). The van der Waals surface area contributed by atoms with Crippen molar-refractivity contribution in [3.05, 3.63) is 83.8 Å². The summed E-state index contributed by atoms with van der Waals surface area (Å²) in [6.45, 7) is 1.54. The number of pyridine rings is 2. The molecule has 0 spiro atoms. The van der Waals surface area contributed by atoms with Gasteiger partial charge in [0.2, 0.25) is 0 Å². The van der Waals surface area contributed by atoms with Crippen LogP contribution in [0.15, 0.2) is 77.1 Å². The van der Waals surface area contributed by atoms with Crippen molar-refractivity contribution in [3.63, 3.8) is 0 Å². The zero-order valence-electron chi connectivity index (χ0n) is 22.5. The average molecular weight is 584 g/mol. The van der Waals surface area contributed by atoms with E-state index in [0.29, 0.717) is 12.8 Å². The molecule has 3 aromatic rings. The molecular formula is C27H33N7O6S. The summed E-state index contributed by atoms with van der Waals surface area (Å²) in [5.41, 5.74) is 5.80. The molecule has 0 fully saturated rings. The fraction of sp³-hybridized carbons (Fsp3) is 0.296. The summed E-state index contributed by atoms with van der Waals surface area (Å²) in [5.74, 6) is -0.876. The molecule has 41 heavy (non-hydrogen) atoms. The smallest absolute Gasteiger partial charge is 0.295 e. The second-order valence-electron chi connectivity index (χ2n) is 9.08. The van der Waals surface area contributed by atoms with Gasteiger partial charge in [0.05, 0.1) is 11.8 Å². The van der Waals surface area contributed by atoms with Gasteiger partial charge in [0, 0.05) is 31.2 Å². The normalized spacial score (nSPS) is 12.2. The number of hydrogen-bond acceptors (Lipinski definition) is 10. The van der Waals surface area contributed by atoms with E-state index < -0.39 is 28.0 Å². The molecule has 2 heterocycles. The molecule has 1 atom stereocenters. The van der Waals surface area contributed by atoms with Gasteiger partial charge in [0.1, 0.15) is 16.8 Å². The third kappa shape index (κ3) is 9.72.